The molecule has 4 heteroatoms. The van der Waals surface area contributed by atoms with Gasteiger partial charge in [-0.1, -0.05) is 61.4 Å². The molecule has 3 aliphatic rings. The van der Waals surface area contributed by atoms with Crippen molar-refractivity contribution in [3.63, 3.8) is 0 Å². The van der Waals surface area contributed by atoms with Gasteiger partial charge in [0.05, 0.1) is 12.0 Å². The molecular weight excluding hydrogens is 358 g/mol. The number of nitrogens with zero attached hydrogens (tertiary/aromatic N) is 2. The van der Waals surface area contributed by atoms with Gasteiger partial charge in [-0.2, -0.15) is 0 Å². The highest BCUT2D eigenvalue weighted by molar-refractivity contribution is 5.82. The van der Waals surface area contributed by atoms with Crippen molar-refractivity contribution in [2.24, 2.45) is 5.92 Å². The lowest BCUT2D eigenvalue weighted by atomic mass is 9.83. The number of nitrogens with one attached hydrogen (secondary N) is 1. The van der Waals surface area contributed by atoms with Crippen LogP contribution in [0.3, 0.4) is 0 Å². The monoisotopic (exact) mass is 389 g/mol. The van der Waals surface area contributed by atoms with Gasteiger partial charge in [-0.15, -0.1) is 0 Å². The van der Waals surface area contributed by atoms with E-state index < -0.39 is 0 Å². The molecule has 2 heterocycles. The van der Waals surface area contributed by atoms with Gasteiger partial charge in [-0.05, 0) is 36.5 Å². The minimum absolute atomic E-state index is 0.0119. The normalized spacial score (nSPS) is 24.8. The molecule has 0 radical (unpaired) electrons. The van der Waals surface area contributed by atoms with Crippen LogP contribution in [0.4, 0.5) is 5.69 Å². The quantitative estimate of drug-likeness (QED) is 0.868. The maximum Gasteiger partial charge on any atom is 0.225 e. The van der Waals surface area contributed by atoms with Gasteiger partial charge in [-0.25, -0.2) is 0 Å². The molecule has 0 spiro atoms. The molecule has 2 fully saturated rings. The zero-order chi connectivity index (χ0) is 19.6. The Morgan fingerprint density at radius 2 is 1.72 bits per heavy atom. The summed E-state index contributed by atoms with van der Waals surface area (Å²) >= 11 is 0. The fourth-order valence-electron chi connectivity index (χ4n) is 5.60. The van der Waals surface area contributed by atoms with E-state index in [0.29, 0.717) is 6.54 Å². The number of para-hydroxylation sites is 1. The summed E-state index contributed by atoms with van der Waals surface area (Å²) in [6.07, 6.45) is 6.22. The average molecular weight is 390 g/mol. The zero-order valence-corrected chi connectivity index (χ0v) is 17.1. The standard InChI is InChI=1S/C25H31N3O/c29-25(26-17-19-8-2-1-3-9-19)22-16-20-10-4-7-13-23(20)28-15-14-27(18-24(22)28)21-11-5-6-12-21/h1-4,7-10,13,21-22,24H,5-6,11-12,14-18H2,(H,26,29). The van der Waals surface area contributed by atoms with Crippen LogP contribution in [0.2, 0.25) is 0 Å². The first kappa shape index (κ1) is 18.7. The number of amides is 1. The van der Waals surface area contributed by atoms with E-state index >= 15 is 0 Å². The maximum atomic E-state index is 13.3. The summed E-state index contributed by atoms with van der Waals surface area (Å²) in [7, 11) is 0. The first-order valence-electron chi connectivity index (χ1n) is 11.2. The Hall–Kier alpha value is -2.33. The topological polar surface area (TPSA) is 35.6 Å². The van der Waals surface area contributed by atoms with E-state index in [1.165, 1.54) is 36.9 Å². The lowest BCUT2D eigenvalue weighted by molar-refractivity contribution is -0.126. The van der Waals surface area contributed by atoms with Gasteiger partial charge in [0.2, 0.25) is 5.91 Å². The third-order valence-corrected chi connectivity index (χ3v) is 7.14. The van der Waals surface area contributed by atoms with Gasteiger partial charge < -0.3 is 10.2 Å². The Morgan fingerprint density at radius 1 is 0.966 bits per heavy atom. The van der Waals surface area contributed by atoms with Crippen molar-refractivity contribution >= 4 is 11.6 Å². The lowest BCUT2D eigenvalue weighted by Crippen LogP contribution is -2.62. The minimum Gasteiger partial charge on any atom is -0.365 e. The molecule has 1 saturated carbocycles. The predicted molar refractivity (Wildman–Crippen MR) is 117 cm³/mol. The molecule has 5 rings (SSSR count). The molecule has 1 amide bonds. The van der Waals surface area contributed by atoms with Gasteiger partial charge in [0.1, 0.15) is 0 Å². The van der Waals surface area contributed by atoms with Gasteiger partial charge in [0.25, 0.3) is 0 Å². The van der Waals surface area contributed by atoms with Crippen LogP contribution >= 0.6 is 0 Å². The molecule has 2 atom stereocenters. The molecule has 1 saturated heterocycles. The number of hydrogen-bond acceptors (Lipinski definition) is 3. The number of carbonyl (C=O) groups excluding carboxylic acids is 1. The SMILES string of the molecule is O=C(NCc1ccccc1)C1Cc2ccccc2N2CCN(C3CCCC3)CC12. The minimum atomic E-state index is 0.0119. The van der Waals surface area contributed by atoms with Crippen LogP contribution in [0.25, 0.3) is 0 Å². The lowest BCUT2D eigenvalue weighted by Gasteiger charge is -2.50. The van der Waals surface area contributed by atoms with E-state index in [0.717, 1.165) is 37.7 Å². The second-order valence-electron chi connectivity index (χ2n) is 8.84. The van der Waals surface area contributed by atoms with E-state index in [4.69, 9.17) is 0 Å². The van der Waals surface area contributed by atoms with Crippen LogP contribution in [-0.2, 0) is 17.8 Å². The highest BCUT2D eigenvalue weighted by Gasteiger charge is 2.42. The van der Waals surface area contributed by atoms with E-state index in [1.807, 2.05) is 18.2 Å². The second-order valence-corrected chi connectivity index (χ2v) is 8.84. The van der Waals surface area contributed by atoms with Crippen LogP contribution < -0.4 is 10.2 Å². The van der Waals surface area contributed by atoms with Crippen LogP contribution in [-0.4, -0.2) is 42.5 Å². The van der Waals surface area contributed by atoms with E-state index in [-0.39, 0.29) is 17.9 Å². The molecular formula is C25H31N3O. The molecule has 2 unspecified atom stereocenters. The fourth-order valence-corrected chi connectivity index (χ4v) is 5.60. The number of anilines is 1. The molecule has 1 aliphatic carbocycles. The van der Waals surface area contributed by atoms with Crippen molar-refractivity contribution in [2.45, 2.75) is 50.7 Å². The molecule has 0 bridgehead atoms. The van der Waals surface area contributed by atoms with Crippen LogP contribution in [0.1, 0.15) is 36.8 Å². The number of fused-ring (bicyclic) bond motifs is 3. The Balaban J connectivity index is 1.36. The molecule has 2 aliphatic heterocycles. The van der Waals surface area contributed by atoms with E-state index in [1.54, 1.807) is 0 Å². The summed E-state index contributed by atoms with van der Waals surface area (Å²) in [5, 5.41) is 3.23. The zero-order valence-electron chi connectivity index (χ0n) is 17.1. The number of piperazine rings is 1. The molecule has 1 N–H and O–H groups in total. The van der Waals surface area contributed by atoms with Crippen molar-refractivity contribution in [1.82, 2.24) is 10.2 Å². The second kappa shape index (κ2) is 8.19. The maximum absolute atomic E-state index is 13.3. The molecule has 4 nitrogen and oxygen atoms in total. The Kier molecular flexibility index (Phi) is 5.28. The third kappa shape index (κ3) is 3.78. The summed E-state index contributed by atoms with van der Waals surface area (Å²) in [5.41, 5.74) is 3.82. The molecule has 2 aromatic rings. The molecule has 29 heavy (non-hydrogen) atoms. The van der Waals surface area contributed by atoms with Crippen molar-refractivity contribution < 1.29 is 4.79 Å². The Labute approximate surface area is 173 Å². The number of rotatable bonds is 4. The van der Waals surface area contributed by atoms with Crippen molar-refractivity contribution in [3.05, 3.63) is 65.7 Å². The molecule has 2 aromatic carbocycles. The number of hydrogen-bond donors (Lipinski definition) is 1. The highest BCUT2D eigenvalue weighted by atomic mass is 16.1. The van der Waals surface area contributed by atoms with Crippen LogP contribution in [0.15, 0.2) is 54.6 Å². The van der Waals surface area contributed by atoms with E-state index in [2.05, 4.69) is 51.5 Å². The fraction of sp³-hybridized carbons (Fsp3) is 0.480. The Morgan fingerprint density at radius 3 is 2.55 bits per heavy atom. The van der Waals surface area contributed by atoms with Crippen LogP contribution in [0.5, 0.6) is 0 Å². The van der Waals surface area contributed by atoms with Gasteiger partial charge in [0.15, 0.2) is 0 Å². The Bertz CT molecular complexity index is 846. The van der Waals surface area contributed by atoms with Crippen molar-refractivity contribution in [2.75, 3.05) is 24.5 Å². The third-order valence-electron chi connectivity index (χ3n) is 7.14. The summed E-state index contributed by atoms with van der Waals surface area (Å²) in [5.74, 6) is 0.212. The molecule has 0 aromatic heterocycles. The summed E-state index contributed by atoms with van der Waals surface area (Å²) in [6, 6.07) is 19.9. The summed E-state index contributed by atoms with van der Waals surface area (Å²) < 4.78 is 0. The average Bonchev–Trinajstić information content (AvgIpc) is 3.32. The van der Waals surface area contributed by atoms with Crippen molar-refractivity contribution in [3.8, 4) is 0 Å². The predicted octanol–water partition coefficient (Wildman–Crippen LogP) is 3.61. The highest BCUT2D eigenvalue weighted by Crippen LogP contribution is 2.37. The number of benzene rings is 2. The van der Waals surface area contributed by atoms with Crippen LogP contribution in [0, 0.1) is 5.92 Å². The summed E-state index contributed by atoms with van der Waals surface area (Å²) in [6.45, 7) is 3.77. The van der Waals surface area contributed by atoms with E-state index in [9.17, 15) is 4.79 Å². The van der Waals surface area contributed by atoms with Gasteiger partial charge in [0, 0.05) is 37.9 Å². The van der Waals surface area contributed by atoms with Gasteiger partial charge >= 0.3 is 0 Å². The smallest absolute Gasteiger partial charge is 0.225 e. The summed E-state index contributed by atoms with van der Waals surface area (Å²) in [4.78, 5) is 18.5. The first-order chi connectivity index (χ1) is 14.3. The largest absolute Gasteiger partial charge is 0.365 e. The molecule has 152 valence electrons. The number of carbonyl (C=O) groups is 1. The first-order valence-corrected chi connectivity index (χ1v) is 11.2. The van der Waals surface area contributed by atoms with Gasteiger partial charge in [-0.3, -0.25) is 9.69 Å². The van der Waals surface area contributed by atoms with Crippen molar-refractivity contribution in [1.29, 1.82) is 0 Å².